The van der Waals surface area contributed by atoms with E-state index in [4.69, 9.17) is 39.4 Å². The minimum absolute atomic E-state index is 0.00817. The fraction of sp³-hybridized carbons (Fsp3) is 0.429. The second kappa shape index (κ2) is 17.5. The summed E-state index contributed by atoms with van der Waals surface area (Å²) < 4.78 is 18.4. The van der Waals surface area contributed by atoms with Crippen molar-refractivity contribution in [1.29, 1.82) is 0 Å². The zero-order valence-corrected chi connectivity index (χ0v) is 24.2. The van der Waals surface area contributed by atoms with Gasteiger partial charge < -0.3 is 26.8 Å². The molecular weight excluding hydrogens is 576 g/mol. The highest BCUT2D eigenvalue weighted by molar-refractivity contribution is 6.18. The molecule has 1 unspecified atom stereocenters. The molecule has 10 nitrogen and oxygen atoms in total. The highest BCUT2D eigenvalue weighted by Crippen LogP contribution is 2.26. The number of esters is 1. The van der Waals surface area contributed by atoms with Crippen molar-refractivity contribution in [3.8, 4) is 0 Å². The Bertz CT molecular complexity index is 1140. The normalized spacial score (nSPS) is 14.0. The molecule has 2 aromatic rings. The average Bonchev–Trinajstić information content (AvgIpc) is 2.94. The standard InChI is InChI=1S/C28H36Cl2FN5O5/c1-2-41-28(40)22(17-23(33)37)34-27(39)24(35-26(38)21(32)16-18-8-10-20(31)11-9-18)25(19-6-4-3-5-7-19)36(14-12-29)15-13-30/h3-11,21-22,24-25H,2,12-17,32H2,1H3,(H2,33,37)(H,34,39)(H,35,38)/t21-,22-,24-,25?/m0/s1. The second-order valence-electron chi connectivity index (χ2n) is 9.18. The number of ether oxygens (including phenoxy) is 1. The van der Waals surface area contributed by atoms with Crippen molar-refractivity contribution in [3.63, 3.8) is 0 Å². The van der Waals surface area contributed by atoms with E-state index in [0.717, 1.165) is 0 Å². The van der Waals surface area contributed by atoms with E-state index in [1.165, 1.54) is 24.3 Å². The molecule has 2 aromatic carbocycles. The zero-order chi connectivity index (χ0) is 30.4. The molecule has 0 heterocycles. The van der Waals surface area contributed by atoms with Gasteiger partial charge in [-0.05, 0) is 36.6 Å². The van der Waals surface area contributed by atoms with Gasteiger partial charge in [0.15, 0.2) is 0 Å². The first-order valence-electron chi connectivity index (χ1n) is 13.1. The topological polar surface area (TPSA) is 157 Å². The number of nitrogens with two attached hydrogens (primary N) is 2. The lowest BCUT2D eigenvalue weighted by Gasteiger charge is -2.37. The van der Waals surface area contributed by atoms with Gasteiger partial charge in [0.1, 0.15) is 17.9 Å². The van der Waals surface area contributed by atoms with Crippen LogP contribution in [0.15, 0.2) is 54.6 Å². The van der Waals surface area contributed by atoms with E-state index in [9.17, 15) is 23.6 Å². The third-order valence-corrected chi connectivity index (χ3v) is 6.51. The van der Waals surface area contributed by atoms with Crippen molar-refractivity contribution in [2.24, 2.45) is 11.5 Å². The molecule has 0 saturated carbocycles. The number of carbonyl (C=O) groups is 4. The number of alkyl halides is 2. The predicted molar refractivity (Wildman–Crippen MR) is 155 cm³/mol. The van der Waals surface area contributed by atoms with E-state index in [2.05, 4.69) is 10.6 Å². The van der Waals surface area contributed by atoms with Crippen LogP contribution >= 0.6 is 23.2 Å². The molecule has 6 N–H and O–H groups in total. The third kappa shape index (κ3) is 10.9. The summed E-state index contributed by atoms with van der Waals surface area (Å²) in [7, 11) is 0. The summed E-state index contributed by atoms with van der Waals surface area (Å²) in [4.78, 5) is 53.3. The summed E-state index contributed by atoms with van der Waals surface area (Å²) in [5, 5.41) is 5.25. The molecule has 2 rings (SSSR count). The molecule has 224 valence electrons. The minimum atomic E-state index is -1.39. The highest BCUT2D eigenvalue weighted by Gasteiger charge is 2.38. The lowest BCUT2D eigenvalue weighted by molar-refractivity contribution is -0.149. The first kappa shape index (κ1) is 34.0. The monoisotopic (exact) mass is 611 g/mol. The summed E-state index contributed by atoms with van der Waals surface area (Å²) in [5.41, 5.74) is 12.8. The van der Waals surface area contributed by atoms with Crippen LogP contribution in [0.5, 0.6) is 0 Å². The average molecular weight is 613 g/mol. The Morgan fingerprint density at radius 2 is 1.56 bits per heavy atom. The van der Waals surface area contributed by atoms with Crippen molar-refractivity contribution in [2.75, 3.05) is 31.5 Å². The Morgan fingerprint density at radius 1 is 0.951 bits per heavy atom. The molecule has 0 bridgehead atoms. The fourth-order valence-corrected chi connectivity index (χ4v) is 4.72. The number of hydrogen-bond donors (Lipinski definition) is 4. The smallest absolute Gasteiger partial charge is 0.329 e. The Morgan fingerprint density at radius 3 is 2.10 bits per heavy atom. The van der Waals surface area contributed by atoms with Crippen LogP contribution in [0.3, 0.4) is 0 Å². The van der Waals surface area contributed by atoms with E-state index in [1.807, 2.05) is 4.90 Å². The lowest BCUT2D eigenvalue weighted by atomic mass is 9.95. The molecule has 0 aliphatic rings. The van der Waals surface area contributed by atoms with Crippen LogP contribution in [0, 0.1) is 5.82 Å². The largest absolute Gasteiger partial charge is 0.464 e. The van der Waals surface area contributed by atoms with Gasteiger partial charge in [0.05, 0.1) is 25.1 Å². The van der Waals surface area contributed by atoms with Gasteiger partial charge in [-0.25, -0.2) is 9.18 Å². The molecule has 0 spiro atoms. The highest BCUT2D eigenvalue weighted by atomic mass is 35.5. The second-order valence-corrected chi connectivity index (χ2v) is 9.93. The van der Waals surface area contributed by atoms with Crippen LogP contribution in [0.25, 0.3) is 0 Å². The molecule has 0 radical (unpaired) electrons. The maximum atomic E-state index is 13.9. The molecule has 0 aromatic heterocycles. The van der Waals surface area contributed by atoms with Gasteiger partial charge in [0.2, 0.25) is 17.7 Å². The predicted octanol–water partition coefficient (Wildman–Crippen LogP) is 1.62. The van der Waals surface area contributed by atoms with E-state index >= 15 is 0 Å². The van der Waals surface area contributed by atoms with Gasteiger partial charge in [-0.15, -0.1) is 23.2 Å². The maximum Gasteiger partial charge on any atom is 0.329 e. The number of carbonyl (C=O) groups excluding carboxylic acids is 4. The molecule has 41 heavy (non-hydrogen) atoms. The van der Waals surface area contributed by atoms with Gasteiger partial charge in [-0.3, -0.25) is 19.3 Å². The molecule has 13 heteroatoms. The summed E-state index contributed by atoms with van der Waals surface area (Å²) in [6.45, 7) is 2.19. The minimum Gasteiger partial charge on any atom is -0.464 e. The number of hydrogen-bond acceptors (Lipinski definition) is 7. The first-order chi connectivity index (χ1) is 19.6. The number of benzene rings is 2. The SMILES string of the molecule is CCOC(=O)[C@H](CC(N)=O)NC(=O)[C@@H](NC(=O)[C@@H](N)Cc1ccc(F)cc1)C(c1ccccc1)N(CCCl)CCCl. The van der Waals surface area contributed by atoms with Crippen LogP contribution in [0.4, 0.5) is 4.39 Å². The number of nitrogens with one attached hydrogen (secondary N) is 2. The summed E-state index contributed by atoms with van der Waals surface area (Å²) in [5.74, 6) is -3.19. The van der Waals surface area contributed by atoms with E-state index < -0.39 is 60.1 Å². The van der Waals surface area contributed by atoms with E-state index in [-0.39, 0.29) is 24.8 Å². The number of halogens is 3. The van der Waals surface area contributed by atoms with Gasteiger partial charge in [-0.1, -0.05) is 42.5 Å². The lowest BCUT2D eigenvalue weighted by Crippen LogP contribution is -2.60. The van der Waals surface area contributed by atoms with E-state index in [1.54, 1.807) is 37.3 Å². The fourth-order valence-electron chi connectivity index (χ4n) is 4.29. The Balaban J connectivity index is 2.50. The van der Waals surface area contributed by atoms with Crippen molar-refractivity contribution in [2.45, 2.75) is 43.9 Å². The van der Waals surface area contributed by atoms with Crippen LogP contribution in [0.1, 0.15) is 30.5 Å². The Labute approximate surface area is 248 Å². The molecule has 3 amide bonds. The van der Waals surface area contributed by atoms with Gasteiger partial charge in [0, 0.05) is 24.8 Å². The van der Waals surface area contributed by atoms with Crippen molar-refractivity contribution in [1.82, 2.24) is 15.5 Å². The van der Waals surface area contributed by atoms with Crippen molar-refractivity contribution < 1.29 is 28.3 Å². The Hall–Kier alpha value is -3.25. The summed E-state index contributed by atoms with van der Waals surface area (Å²) in [6, 6.07) is 9.81. The van der Waals surface area contributed by atoms with Crippen molar-refractivity contribution in [3.05, 3.63) is 71.5 Å². The molecular formula is C28H36Cl2FN5O5. The first-order valence-corrected chi connectivity index (χ1v) is 14.1. The van der Waals surface area contributed by atoms with Crippen LogP contribution < -0.4 is 22.1 Å². The third-order valence-electron chi connectivity index (χ3n) is 6.17. The van der Waals surface area contributed by atoms with Crippen molar-refractivity contribution >= 4 is 46.9 Å². The Kier molecular flexibility index (Phi) is 14.5. The molecule has 4 atom stereocenters. The van der Waals surface area contributed by atoms with Crippen LogP contribution in [-0.4, -0.2) is 78.2 Å². The number of amides is 3. The van der Waals surface area contributed by atoms with Crippen LogP contribution in [0.2, 0.25) is 0 Å². The summed E-state index contributed by atoms with van der Waals surface area (Å²) in [6.07, 6.45) is -0.449. The van der Waals surface area contributed by atoms with Gasteiger partial charge >= 0.3 is 5.97 Å². The molecule has 0 fully saturated rings. The van der Waals surface area contributed by atoms with E-state index in [0.29, 0.717) is 24.2 Å². The van der Waals surface area contributed by atoms with Crippen LogP contribution in [-0.2, 0) is 30.3 Å². The quantitative estimate of drug-likeness (QED) is 0.156. The number of nitrogens with zero attached hydrogens (tertiary/aromatic N) is 1. The van der Waals surface area contributed by atoms with Gasteiger partial charge in [0.25, 0.3) is 0 Å². The zero-order valence-electron chi connectivity index (χ0n) is 22.7. The number of primary amides is 1. The molecule has 0 aliphatic carbocycles. The maximum absolute atomic E-state index is 13.9. The number of rotatable bonds is 17. The summed E-state index contributed by atoms with van der Waals surface area (Å²) >= 11 is 12.2. The van der Waals surface area contributed by atoms with Gasteiger partial charge in [-0.2, -0.15) is 0 Å². The molecule has 0 saturated heterocycles. The molecule has 0 aliphatic heterocycles.